The summed E-state index contributed by atoms with van der Waals surface area (Å²) in [6.45, 7) is 0.509. The molecule has 1 amide bonds. The van der Waals surface area contributed by atoms with Gasteiger partial charge < -0.3 is 9.64 Å². The molecule has 194 valence electrons. The summed E-state index contributed by atoms with van der Waals surface area (Å²) in [7, 11) is -4.13. The number of nitrogens with one attached hydrogen (secondary N) is 1. The highest BCUT2D eigenvalue weighted by atomic mass is 32.2. The van der Waals surface area contributed by atoms with E-state index in [2.05, 4.69) is 9.71 Å². The van der Waals surface area contributed by atoms with Crippen LogP contribution in [0.15, 0.2) is 59.5 Å². The van der Waals surface area contributed by atoms with Gasteiger partial charge >= 0.3 is 6.18 Å². The first-order valence-corrected chi connectivity index (χ1v) is 12.9. The number of hydrogen-bond donors (Lipinski definition) is 1. The van der Waals surface area contributed by atoms with E-state index in [-0.39, 0.29) is 41.1 Å². The standard InChI is InChI=1S/C25H21F4N3O4S/c26-22-3-1-4-23(30-22)31-37(34,35)16-7-9-19-17(10-12-36-21(19)14-16)18-8-6-15(25(27,28)29)13-20(18)32-11-2-5-24(32)33/h1,3-4,6-9,13-14,17H,2,5,10-12H2,(H,30,31)/t17-/m0/s1. The summed E-state index contributed by atoms with van der Waals surface area (Å²) in [5, 5.41) is 0. The fourth-order valence-corrected chi connectivity index (χ4v) is 5.69. The third-order valence-electron chi connectivity index (χ3n) is 6.39. The monoisotopic (exact) mass is 535 g/mol. The first-order valence-electron chi connectivity index (χ1n) is 11.5. The molecule has 7 nitrogen and oxygen atoms in total. The third kappa shape index (κ3) is 4.97. The van der Waals surface area contributed by atoms with Crippen LogP contribution >= 0.6 is 0 Å². The van der Waals surface area contributed by atoms with Crippen molar-refractivity contribution in [3.05, 3.63) is 77.2 Å². The summed E-state index contributed by atoms with van der Waals surface area (Å²) in [6.07, 6.45) is -3.34. The second kappa shape index (κ2) is 9.33. The number of benzene rings is 2. The summed E-state index contributed by atoms with van der Waals surface area (Å²) in [5.74, 6) is -1.46. The first-order chi connectivity index (χ1) is 17.5. The number of aromatic nitrogens is 1. The maximum atomic E-state index is 13.5. The van der Waals surface area contributed by atoms with Gasteiger partial charge in [-0.2, -0.15) is 17.6 Å². The lowest BCUT2D eigenvalue weighted by Crippen LogP contribution is -2.27. The van der Waals surface area contributed by atoms with Gasteiger partial charge in [0, 0.05) is 36.2 Å². The lowest BCUT2D eigenvalue weighted by atomic mass is 9.85. The molecule has 1 fully saturated rings. The highest BCUT2D eigenvalue weighted by Gasteiger charge is 2.35. The van der Waals surface area contributed by atoms with Crippen molar-refractivity contribution in [1.29, 1.82) is 0 Å². The Balaban J connectivity index is 1.53. The molecule has 0 bridgehead atoms. The molecule has 1 N–H and O–H groups in total. The highest BCUT2D eigenvalue weighted by molar-refractivity contribution is 7.92. The van der Waals surface area contributed by atoms with E-state index >= 15 is 0 Å². The normalized spacial score (nSPS) is 17.9. The number of hydrogen-bond acceptors (Lipinski definition) is 5. The lowest BCUT2D eigenvalue weighted by Gasteiger charge is -2.30. The van der Waals surface area contributed by atoms with Crippen LogP contribution in [0.4, 0.5) is 29.1 Å². The predicted octanol–water partition coefficient (Wildman–Crippen LogP) is 5.08. The van der Waals surface area contributed by atoms with Gasteiger partial charge in [-0.15, -0.1) is 0 Å². The Morgan fingerprint density at radius 2 is 1.84 bits per heavy atom. The largest absolute Gasteiger partial charge is 0.493 e. The topological polar surface area (TPSA) is 88.6 Å². The number of carbonyl (C=O) groups is 1. The highest BCUT2D eigenvalue weighted by Crippen LogP contribution is 2.45. The third-order valence-corrected chi connectivity index (χ3v) is 7.74. The fourth-order valence-electron chi connectivity index (χ4n) is 4.67. The number of carbonyl (C=O) groups excluding carboxylic acids is 1. The number of alkyl halides is 3. The van der Waals surface area contributed by atoms with E-state index in [4.69, 9.17) is 4.74 Å². The number of anilines is 2. The zero-order valence-electron chi connectivity index (χ0n) is 19.3. The van der Waals surface area contributed by atoms with E-state index in [0.29, 0.717) is 30.5 Å². The molecule has 0 spiro atoms. The summed E-state index contributed by atoms with van der Waals surface area (Å²) in [6, 6.07) is 11.3. The van der Waals surface area contributed by atoms with E-state index in [1.54, 1.807) is 6.07 Å². The molecule has 0 saturated carbocycles. The van der Waals surface area contributed by atoms with Gasteiger partial charge in [0.25, 0.3) is 10.0 Å². The van der Waals surface area contributed by atoms with Gasteiger partial charge in [0.15, 0.2) is 0 Å². The Kier molecular flexibility index (Phi) is 6.30. The van der Waals surface area contributed by atoms with Crippen LogP contribution in [-0.4, -0.2) is 32.5 Å². The van der Waals surface area contributed by atoms with Crippen molar-refractivity contribution in [1.82, 2.24) is 4.98 Å². The molecular formula is C25H21F4N3O4S. The molecule has 2 aliphatic rings. The number of amides is 1. The van der Waals surface area contributed by atoms with E-state index < -0.39 is 33.6 Å². The molecule has 5 rings (SSSR count). The molecule has 0 radical (unpaired) electrons. The number of sulfonamides is 1. The van der Waals surface area contributed by atoms with Crippen molar-refractivity contribution < 1.29 is 35.5 Å². The zero-order valence-corrected chi connectivity index (χ0v) is 20.1. The molecule has 1 atom stereocenters. The minimum absolute atomic E-state index is 0.152. The van der Waals surface area contributed by atoms with Crippen molar-refractivity contribution in [2.24, 2.45) is 0 Å². The molecule has 3 heterocycles. The summed E-state index contributed by atoms with van der Waals surface area (Å²) < 4.78 is 87.5. The van der Waals surface area contributed by atoms with Gasteiger partial charge in [-0.25, -0.2) is 13.4 Å². The minimum atomic E-state index is -4.57. The van der Waals surface area contributed by atoms with Gasteiger partial charge in [0.05, 0.1) is 17.1 Å². The van der Waals surface area contributed by atoms with Crippen LogP contribution in [0.25, 0.3) is 0 Å². The zero-order chi connectivity index (χ0) is 26.4. The van der Waals surface area contributed by atoms with Crippen molar-refractivity contribution in [2.75, 3.05) is 22.8 Å². The number of halogens is 4. The Bertz CT molecular complexity index is 1480. The second-order valence-corrected chi connectivity index (χ2v) is 10.4. The smallest absolute Gasteiger partial charge is 0.416 e. The molecule has 0 aliphatic carbocycles. The molecule has 0 unspecified atom stereocenters. The molecular weight excluding hydrogens is 514 g/mol. The van der Waals surface area contributed by atoms with Crippen LogP contribution in [0.1, 0.15) is 41.9 Å². The summed E-state index contributed by atoms with van der Waals surface area (Å²) >= 11 is 0. The van der Waals surface area contributed by atoms with Crippen LogP contribution in [0, 0.1) is 5.95 Å². The van der Waals surface area contributed by atoms with E-state index in [9.17, 15) is 30.8 Å². The molecule has 1 saturated heterocycles. The van der Waals surface area contributed by atoms with Gasteiger partial charge in [-0.05, 0) is 48.7 Å². The Labute approximate surface area is 210 Å². The van der Waals surface area contributed by atoms with Gasteiger partial charge in [0.2, 0.25) is 11.9 Å². The maximum absolute atomic E-state index is 13.5. The number of ether oxygens (including phenoxy) is 1. The Hall–Kier alpha value is -3.67. The number of nitrogens with zero attached hydrogens (tertiary/aromatic N) is 2. The quantitative estimate of drug-likeness (QED) is 0.364. The van der Waals surface area contributed by atoms with Crippen molar-refractivity contribution in [3.8, 4) is 5.75 Å². The van der Waals surface area contributed by atoms with Crippen LogP contribution in [-0.2, 0) is 21.0 Å². The van der Waals surface area contributed by atoms with Crippen LogP contribution in [0.5, 0.6) is 5.75 Å². The van der Waals surface area contributed by atoms with Crippen LogP contribution < -0.4 is 14.4 Å². The first kappa shape index (κ1) is 25.0. The van der Waals surface area contributed by atoms with Gasteiger partial charge in [-0.1, -0.05) is 18.2 Å². The fraction of sp³-hybridized carbons (Fsp3) is 0.280. The maximum Gasteiger partial charge on any atom is 0.416 e. The Morgan fingerprint density at radius 3 is 2.54 bits per heavy atom. The van der Waals surface area contributed by atoms with E-state index in [0.717, 1.165) is 18.2 Å². The van der Waals surface area contributed by atoms with E-state index in [1.165, 1.54) is 35.2 Å². The van der Waals surface area contributed by atoms with Crippen molar-refractivity contribution in [2.45, 2.75) is 36.3 Å². The molecule has 37 heavy (non-hydrogen) atoms. The summed E-state index contributed by atoms with van der Waals surface area (Å²) in [5.41, 5.74) is 0.467. The average molecular weight is 536 g/mol. The molecule has 12 heteroatoms. The minimum Gasteiger partial charge on any atom is -0.493 e. The SMILES string of the molecule is O=C1CCCN1c1cc(C(F)(F)F)ccc1[C@@H]1CCOc2cc(S(=O)(=O)Nc3cccc(F)n3)ccc21. The van der Waals surface area contributed by atoms with Gasteiger partial charge in [0.1, 0.15) is 11.6 Å². The molecule has 2 aromatic carbocycles. The average Bonchev–Trinajstić information content (AvgIpc) is 3.27. The van der Waals surface area contributed by atoms with Gasteiger partial charge in [-0.3, -0.25) is 9.52 Å². The predicted molar refractivity (Wildman–Crippen MR) is 126 cm³/mol. The van der Waals surface area contributed by atoms with Crippen LogP contribution in [0.3, 0.4) is 0 Å². The summed E-state index contributed by atoms with van der Waals surface area (Å²) in [4.78, 5) is 17.2. The second-order valence-electron chi connectivity index (χ2n) is 8.76. The number of rotatable bonds is 5. The lowest BCUT2D eigenvalue weighted by molar-refractivity contribution is -0.137. The van der Waals surface area contributed by atoms with Crippen molar-refractivity contribution in [3.63, 3.8) is 0 Å². The Morgan fingerprint density at radius 1 is 1.05 bits per heavy atom. The number of fused-ring (bicyclic) bond motifs is 1. The molecule has 3 aromatic rings. The molecule has 2 aliphatic heterocycles. The molecule has 1 aromatic heterocycles. The van der Waals surface area contributed by atoms with Crippen molar-refractivity contribution >= 4 is 27.4 Å². The van der Waals surface area contributed by atoms with E-state index in [1.807, 2.05) is 0 Å². The number of pyridine rings is 1. The van der Waals surface area contributed by atoms with Crippen LogP contribution in [0.2, 0.25) is 0 Å².